The average molecular weight is 891 g/mol. The Labute approximate surface area is 395 Å². The van der Waals surface area contributed by atoms with Crippen LogP contribution in [0.3, 0.4) is 0 Å². The molecule has 0 aromatic carbocycles. The fourth-order valence-electron chi connectivity index (χ4n) is 7.25. The van der Waals surface area contributed by atoms with E-state index >= 15 is 0 Å². The van der Waals surface area contributed by atoms with Gasteiger partial charge < -0.3 is 14.2 Å². The van der Waals surface area contributed by atoms with Crippen LogP contribution in [0.25, 0.3) is 0 Å². The zero-order valence-electron chi connectivity index (χ0n) is 41.8. The summed E-state index contributed by atoms with van der Waals surface area (Å²) in [5, 5.41) is 0. The highest BCUT2D eigenvalue weighted by molar-refractivity contribution is 5.71. The smallest absolute Gasteiger partial charge is 0.306 e. The van der Waals surface area contributed by atoms with Gasteiger partial charge in [0.25, 0.3) is 0 Å². The van der Waals surface area contributed by atoms with Gasteiger partial charge in [0.15, 0.2) is 6.10 Å². The van der Waals surface area contributed by atoms with Gasteiger partial charge in [-0.1, -0.05) is 221 Å². The lowest BCUT2D eigenvalue weighted by molar-refractivity contribution is -0.167. The standard InChI is InChI=1S/C58H98O6/c1-4-7-10-13-16-19-22-25-27-28-29-30-31-34-36-39-42-45-48-51-57(60)63-54-55(53-62-56(59)50-47-44-41-38-35-32-24-21-18-15-12-9-6-3)64-58(61)52-49-46-43-40-37-33-26-23-20-17-14-11-8-5-2/h8-9,11-12,15,17-18,20-21,24,28-29,32,35,55H,4-7,10,13-14,16,19,22-23,25-27,30-31,33-34,36-54H2,1-3H3/b11-8-,12-9-,18-15-,20-17-,24-21-,29-28-,35-32-. The Morgan fingerprint density at radius 2 is 0.688 bits per heavy atom. The quantitative estimate of drug-likeness (QED) is 0.0199. The van der Waals surface area contributed by atoms with E-state index in [1.165, 1.54) is 116 Å². The molecule has 0 aliphatic heterocycles. The van der Waals surface area contributed by atoms with Gasteiger partial charge in [0.2, 0.25) is 0 Å². The number of carbonyl (C=O) groups excluding carboxylic acids is 3. The summed E-state index contributed by atoms with van der Waals surface area (Å²) < 4.78 is 16.8. The Hall–Kier alpha value is -3.41. The van der Waals surface area contributed by atoms with E-state index in [1.54, 1.807) is 0 Å². The highest BCUT2D eigenvalue weighted by Crippen LogP contribution is 2.15. The van der Waals surface area contributed by atoms with Gasteiger partial charge in [-0.05, 0) is 89.9 Å². The molecule has 0 fully saturated rings. The minimum Gasteiger partial charge on any atom is -0.462 e. The second-order valence-electron chi connectivity index (χ2n) is 17.5. The van der Waals surface area contributed by atoms with Crippen molar-refractivity contribution in [2.45, 2.75) is 252 Å². The summed E-state index contributed by atoms with van der Waals surface area (Å²) in [6, 6.07) is 0. The normalized spacial score (nSPS) is 12.7. The topological polar surface area (TPSA) is 78.9 Å². The number of ether oxygens (including phenoxy) is 3. The number of hydrogen-bond donors (Lipinski definition) is 0. The lowest BCUT2D eigenvalue weighted by Gasteiger charge is -2.18. The molecular weight excluding hydrogens is 793 g/mol. The SMILES string of the molecule is CC\C=C/C=C\C=C/C=C\CCCCCC(=O)OCC(COC(=O)CCCCCCCCC/C=C\CCCCCCCCCC)OC(=O)CCCCCCCCC/C=C\C/C=C\CC. The molecule has 0 rings (SSSR count). The lowest BCUT2D eigenvalue weighted by atomic mass is 10.1. The Kier molecular flexibility index (Phi) is 49.4. The van der Waals surface area contributed by atoms with Crippen LogP contribution in [-0.2, 0) is 28.6 Å². The minimum absolute atomic E-state index is 0.0952. The highest BCUT2D eigenvalue weighted by atomic mass is 16.6. The molecule has 6 heteroatoms. The Morgan fingerprint density at radius 3 is 1.16 bits per heavy atom. The fraction of sp³-hybridized carbons (Fsp3) is 0.707. The summed E-state index contributed by atoms with van der Waals surface area (Å²) in [5.74, 6) is -0.948. The van der Waals surface area contributed by atoms with Gasteiger partial charge in [0.1, 0.15) is 13.2 Å². The molecule has 1 unspecified atom stereocenters. The van der Waals surface area contributed by atoms with E-state index in [4.69, 9.17) is 14.2 Å². The van der Waals surface area contributed by atoms with Crippen molar-refractivity contribution in [3.63, 3.8) is 0 Å². The molecule has 0 aliphatic carbocycles. The van der Waals surface area contributed by atoms with Gasteiger partial charge in [-0.3, -0.25) is 14.4 Å². The van der Waals surface area contributed by atoms with Crippen LogP contribution >= 0.6 is 0 Å². The molecule has 6 nitrogen and oxygen atoms in total. The molecule has 0 saturated heterocycles. The second-order valence-corrected chi connectivity index (χ2v) is 17.5. The van der Waals surface area contributed by atoms with E-state index in [2.05, 4.69) is 69.4 Å². The summed E-state index contributed by atoms with van der Waals surface area (Å²) in [5.41, 5.74) is 0. The molecule has 0 saturated carbocycles. The number of unbranched alkanes of at least 4 members (excludes halogenated alkanes) is 25. The number of rotatable bonds is 47. The molecule has 0 heterocycles. The van der Waals surface area contributed by atoms with Crippen LogP contribution < -0.4 is 0 Å². The molecule has 0 N–H and O–H groups in total. The zero-order chi connectivity index (χ0) is 46.5. The summed E-state index contributed by atoms with van der Waals surface area (Å²) in [4.78, 5) is 38.0. The molecule has 0 radical (unpaired) electrons. The van der Waals surface area contributed by atoms with E-state index in [1.807, 2.05) is 36.5 Å². The van der Waals surface area contributed by atoms with Crippen molar-refractivity contribution < 1.29 is 28.6 Å². The summed E-state index contributed by atoms with van der Waals surface area (Å²) in [6.07, 6.45) is 67.2. The van der Waals surface area contributed by atoms with Crippen molar-refractivity contribution >= 4 is 17.9 Å². The number of hydrogen-bond acceptors (Lipinski definition) is 6. The average Bonchev–Trinajstić information content (AvgIpc) is 3.29. The number of esters is 3. The van der Waals surface area contributed by atoms with Crippen LogP contribution in [0.15, 0.2) is 85.1 Å². The van der Waals surface area contributed by atoms with Crippen LogP contribution in [0.1, 0.15) is 245 Å². The van der Waals surface area contributed by atoms with Crippen LogP contribution in [0, 0.1) is 0 Å². The maximum atomic E-state index is 12.8. The second kappa shape index (κ2) is 52.2. The molecule has 366 valence electrons. The zero-order valence-corrected chi connectivity index (χ0v) is 41.8. The van der Waals surface area contributed by atoms with Crippen molar-refractivity contribution in [2.75, 3.05) is 13.2 Å². The van der Waals surface area contributed by atoms with Crippen molar-refractivity contribution in [1.29, 1.82) is 0 Å². The van der Waals surface area contributed by atoms with Crippen molar-refractivity contribution in [2.24, 2.45) is 0 Å². The van der Waals surface area contributed by atoms with Crippen molar-refractivity contribution in [3.8, 4) is 0 Å². The first-order valence-electron chi connectivity index (χ1n) is 26.6. The number of carbonyl (C=O) groups is 3. The van der Waals surface area contributed by atoms with Crippen LogP contribution in [0.4, 0.5) is 0 Å². The van der Waals surface area contributed by atoms with Crippen LogP contribution in [-0.4, -0.2) is 37.2 Å². The van der Waals surface area contributed by atoms with Gasteiger partial charge in [0.05, 0.1) is 0 Å². The van der Waals surface area contributed by atoms with Crippen LogP contribution in [0.5, 0.6) is 0 Å². The predicted octanol–water partition coefficient (Wildman–Crippen LogP) is 17.6. The molecule has 0 aromatic rings. The largest absolute Gasteiger partial charge is 0.462 e. The summed E-state index contributed by atoms with van der Waals surface area (Å²) in [6.45, 7) is 6.35. The first-order valence-corrected chi connectivity index (χ1v) is 26.6. The molecule has 0 aliphatic rings. The Balaban J connectivity index is 4.41. The van der Waals surface area contributed by atoms with Crippen LogP contribution in [0.2, 0.25) is 0 Å². The fourth-order valence-corrected chi connectivity index (χ4v) is 7.25. The molecule has 0 spiro atoms. The molecule has 1 atom stereocenters. The molecule has 0 aromatic heterocycles. The van der Waals surface area contributed by atoms with E-state index < -0.39 is 6.10 Å². The lowest BCUT2D eigenvalue weighted by Crippen LogP contribution is -2.30. The maximum Gasteiger partial charge on any atom is 0.306 e. The van der Waals surface area contributed by atoms with E-state index in [0.717, 1.165) is 89.9 Å². The van der Waals surface area contributed by atoms with E-state index in [0.29, 0.717) is 19.3 Å². The maximum absolute atomic E-state index is 12.8. The summed E-state index contributed by atoms with van der Waals surface area (Å²) >= 11 is 0. The van der Waals surface area contributed by atoms with Gasteiger partial charge in [0, 0.05) is 19.3 Å². The first-order chi connectivity index (χ1) is 31.5. The first kappa shape index (κ1) is 60.6. The van der Waals surface area contributed by atoms with E-state index in [9.17, 15) is 14.4 Å². The molecule has 0 bridgehead atoms. The third-order valence-electron chi connectivity index (χ3n) is 11.2. The van der Waals surface area contributed by atoms with Crippen molar-refractivity contribution in [1.82, 2.24) is 0 Å². The van der Waals surface area contributed by atoms with Gasteiger partial charge in [-0.2, -0.15) is 0 Å². The molecule has 0 amide bonds. The molecular formula is C58H98O6. The molecule has 64 heavy (non-hydrogen) atoms. The monoisotopic (exact) mass is 891 g/mol. The third-order valence-corrected chi connectivity index (χ3v) is 11.2. The predicted molar refractivity (Wildman–Crippen MR) is 274 cm³/mol. The minimum atomic E-state index is -0.798. The van der Waals surface area contributed by atoms with Crippen molar-refractivity contribution in [3.05, 3.63) is 85.1 Å². The van der Waals surface area contributed by atoms with Gasteiger partial charge in [-0.15, -0.1) is 0 Å². The number of allylic oxidation sites excluding steroid dienone is 14. The highest BCUT2D eigenvalue weighted by Gasteiger charge is 2.19. The Bertz CT molecular complexity index is 1250. The van der Waals surface area contributed by atoms with E-state index in [-0.39, 0.29) is 31.1 Å². The van der Waals surface area contributed by atoms with Gasteiger partial charge in [-0.25, -0.2) is 0 Å². The van der Waals surface area contributed by atoms with Gasteiger partial charge >= 0.3 is 17.9 Å². The Morgan fingerprint density at radius 1 is 0.344 bits per heavy atom. The summed E-state index contributed by atoms with van der Waals surface area (Å²) in [7, 11) is 0. The third kappa shape index (κ3) is 49.6.